The van der Waals surface area contributed by atoms with E-state index >= 15 is 0 Å². The highest BCUT2D eigenvalue weighted by atomic mass is 35.5. The van der Waals surface area contributed by atoms with Gasteiger partial charge < -0.3 is 0 Å². The standard InChI is InChI=1S/C8H7Cl2N3S/c1-5-7(10)3-13(12-5)8-11-6(2-9)4-14-8/h3-4H,2H2,1H3. The normalized spacial score (nSPS) is 10.8. The molecule has 2 rings (SSSR count). The van der Waals surface area contributed by atoms with E-state index < -0.39 is 0 Å². The fourth-order valence-corrected chi connectivity index (χ4v) is 2.11. The lowest BCUT2D eigenvalue weighted by Gasteiger charge is -1.91. The third kappa shape index (κ3) is 1.78. The first kappa shape index (κ1) is 9.96. The lowest BCUT2D eigenvalue weighted by molar-refractivity contribution is 0.848. The summed E-state index contributed by atoms with van der Waals surface area (Å²) in [4.78, 5) is 4.28. The third-order valence-corrected chi connectivity index (χ3v) is 3.24. The molecule has 2 aromatic heterocycles. The fourth-order valence-electron chi connectivity index (χ4n) is 1.000. The molecule has 2 aromatic rings. The average Bonchev–Trinajstić information content (AvgIpc) is 2.74. The first-order chi connectivity index (χ1) is 6.70. The molecular weight excluding hydrogens is 241 g/mol. The number of aromatic nitrogens is 3. The summed E-state index contributed by atoms with van der Waals surface area (Å²) in [6.45, 7) is 1.86. The second-order valence-corrected chi connectivity index (χ2v) is 4.27. The van der Waals surface area contributed by atoms with Crippen molar-refractivity contribution in [1.82, 2.24) is 14.8 Å². The quantitative estimate of drug-likeness (QED) is 0.765. The van der Waals surface area contributed by atoms with Crippen molar-refractivity contribution in [3.8, 4) is 5.13 Å². The van der Waals surface area contributed by atoms with Gasteiger partial charge in [-0.15, -0.1) is 22.9 Å². The Labute approximate surface area is 95.3 Å². The van der Waals surface area contributed by atoms with E-state index in [-0.39, 0.29) is 0 Å². The smallest absolute Gasteiger partial charge is 0.210 e. The molecule has 0 aliphatic carbocycles. The number of alkyl halides is 1. The van der Waals surface area contributed by atoms with Gasteiger partial charge >= 0.3 is 0 Å². The molecule has 74 valence electrons. The summed E-state index contributed by atoms with van der Waals surface area (Å²) < 4.78 is 1.67. The number of aryl methyl sites for hydroxylation is 1. The lowest BCUT2D eigenvalue weighted by Crippen LogP contribution is -1.94. The van der Waals surface area contributed by atoms with Gasteiger partial charge in [-0.3, -0.25) is 0 Å². The van der Waals surface area contributed by atoms with Crippen LogP contribution in [-0.4, -0.2) is 14.8 Å². The van der Waals surface area contributed by atoms with Crippen LogP contribution in [0.25, 0.3) is 5.13 Å². The predicted octanol–water partition coefficient (Wildman–Crippen LogP) is 3.03. The largest absolute Gasteiger partial charge is 0.222 e. The van der Waals surface area contributed by atoms with E-state index in [4.69, 9.17) is 23.2 Å². The number of hydrogen-bond donors (Lipinski definition) is 0. The van der Waals surface area contributed by atoms with Crippen molar-refractivity contribution in [2.24, 2.45) is 0 Å². The van der Waals surface area contributed by atoms with Crippen LogP contribution >= 0.6 is 34.5 Å². The average molecular weight is 248 g/mol. The first-order valence-corrected chi connectivity index (χ1v) is 5.72. The molecule has 0 radical (unpaired) electrons. The first-order valence-electron chi connectivity index (χ1n) is 3.93. The van der Waals surface area contributed by atoms with E-state index in [2.05, 4.69) is 10.1 Å². The summed E-state index contributed by atoms with van der Waals surface area (Å²) in [5.41, 5.74) is 1.66. The number of nitrogens with zero attached hydrogens (tertiary/aromatic N) is 3. The zero-order valence-electron chi connectivity index (χ0n) is 7.37. The van der Waals surface area contributed by atoms with Gasteiger partial charge in [0, 0.05) is 5.38 Å². The topological polar surface area (TPSA) is 30.7 Å². The van der Waals surface area contributed by atoms with Gasteiger partial charge in [-0.05, 0) is 6.92 Å². The zero-order valence-corrected chi connectivity index (χ0v) is 9.70. The van der Waals surface area contributed by atoms with Gasteiger partial charge in [0.1, 0.15) is 0 Å². The van der Waals surface area contributed by atoms with Crippen LogP contribution in [0.15, 0.2) is 11.6 Å². The highest BCUT2D eigenvalue weighted by Gasteiger charge is 2.07. The van der Waals surface area contributed by atoms with Crippen LogP contribution in [0.3, 0.4) is 0 Å². The van der Waals surface area contributed by atoms with E-state index in [1.165, 1.54) is 11.3 Å². The minimum atomic E-state index is 0.421. The maximum absolute atomic E-state index is 5.89. The number of thiazole rings is 1. The van der Waals surface area contributed by atoms with Gasteiger partial charge in [0.15, 0.2) is 0 Å². The molecule has 2 heterocycles. The molecule has 0 N–H and O–H groups in total. The maximum Gasteiger partial charge on any atom is 0.210 e. The van der Waals surface area contributed by atoms with E-state index in [9.17, 15) is 0 Å². The fraction of sp³-hybridized carbons (Fsp3) is 0.250. The SMILES string of the molecule is Cc1nn(-c2nc(CCl)cs2)cc1Cl. The molecule has 0 fully saturated rings. The molecule has 0 aliphatic rings. The Morgan fingerprint density at radius 1 is 1.57 bits per heavy atom. The summed E-state index contributed by atoms with van der Waals surface area (Å²) in [5, 5.41) is 7.56. The van der Waals surface area contributed by atoms with Gasteiger partial charge in [0.25, 0.3) is 0 Å². The van der Waals surface area contributed by atoms with Crippen LogP contribution in [0.5, 0.6) is 0 Å². The predicted molar refractivity (Wildman–Crippen MR) is 58.5 cm³/mol. The Hall–Kier alpha value is -0.580. The summed E-state index contributed by atoms with van der Waals surface area (Å²) in [6, 6.07) is 0. The van der Waals surface area contributed by atoms with Crippen LogP contribution in [-0.2, 0) is 5.88 Å². The molecular formula is C8H7Cl2N3S. The Kier molecular flexibility index (Phi) is 2.76. The van der Waals surface area contributed by atoms with Crippen LogP contribution < -0.4 is 0 Å². The second kappa shape index (κ2) is 3.88. The molecule has 0 aromatic carbocycles. The highest BCUT2D eigenvalue weighted by molar-refractivity contribution is 7.12. The zero-order chi connectivity index (χ0) is 10.1. The summed E-state index contributed by atoms with van der Waals surface area (Å²) in [5.74, 6) is 0.421. The van der Waals surface area contributed by atoms with Crippen molar-refractivity contribution in [3.63, 3.8) is 0 Å². The molecule has 0 saturated heterocycles. The number of hydrogen-bond acceptors (Lipinski definition) is 3. The highest BCUT2D eigenvalue weighted by Crippen LogP contribution is 2.19. The lowest BCUT2D eigenvalue weighted by atomic mass is 10.5. The molecule has 0 atom stereocenters. The molecule has 0 unspecified atom stereocenters. The summed E-state index contributed by atoms with van der Waals surface area (Å²) in [6.07, 6.45) is 1.74. The summed E-state index contributed by atoms with van der Waals surface area (Å²) in [7, 11) is 0. The van der Waals surface area contributed by atoms with Crippen molar-refractivity contribution in [2.45, 2.75) is 12.8 Å². The van der Waals surface area contributed by atoms with Crippen molar-refractivity contribution < 1.29 is 0 Å². The third-order valence-electron chi connectivity index (χ3n) is 1.71. The van der Waals surface area contributed by atoms with E-state index in [0.717, 1.165) is 16.5 Å². The van der Waals surface area contributed by atoms with E-state index in [1.807, 2.05) is 12.3 Å². The Morgan fingerprint density at radius 2 is 2.36 bits per heavy atom. The van der Waals surface area contributed by atoms with Crippen molar-refractivity contribution in [2.75, 3.05) is 0 Å². The van der Waals surface area contributed by atoms with E-state index in [1.54, 1.807) is 10.9 Å². The monoisotopic (exact) mass is 247 g/mol. The molecule has 0 amide bonds. The van der Waals surface area contributed by atoms with Crippen molar-refractivity contribution in [1.29, 1.82) is 0 Å². The molecule has 0 saturated carbocycles. The number of rotatable bonds is 2. The second-order valence-electron chi connectivity index (χ2n) is 2.76. The van der Waals surface area contributed by atoms with Crippen LogP contribution in [0.1, 0.15) is 11.4 Å². The molecule has 6 heteroatoms. The molecule has 0 spiro atoms. The minimum absolute atomic E-state index is 0.421. The number of halogens is 2. The van der Waals surface area contributed by atoms with Gasteiger partial charge in [-0.2, -0.15) is 5.10 Å². The van der Waals surface area contributed by atoms with Crippen LogP contribution in [0.2, 0.25) is 5.02 Å². The van der Waals surface area contributed by atoms with Crippen LogP contribution in [0, 0.1) is 6.92 Å². The Bertz CT molecular complexity index is 430. The molecule has 0 bridgehead atoms. The van der Waals surface area contributed by atoms with Gasteiger partial charge in [0.05, 0.1) is 28.5 Å². The van der Waals surface area contributed by atoms with Gasteiger partial charge in [-0.1, -0.05) is 11.6 Å². The maximum atomic E-state index is 5.89. The molecule has 14 heavy (non-hydrogen) atoms. The van der Waals surface area contributed by atoms with Gasteiger partial charge in [-0.25, -0.2) is 9.67 Å². The Morgan fingerprint density at radius 3 is 2.86 bits per heavy atom. The minimum Gasteiger partial charge on any atom is -0.222 e. The van der Waals surface area contributed by atoms with Crippen molar-refractivity contribution >= 4 is 34.5 Å². The molecule has 3 nitrogen and oxygen atoms in total. The Balaban J connectivity index is 2.39. The van der Waals surface area contributed by atoms with Crippen molar-refractivity contribution in [3.05, 3.63) is 28.0 Å². The van der Waals surface area contributed by atoms with E-state index in [0.29, 0.717) is 10.9 Å². The van der Waals surface area contributed by atoms with Gasteiger partial charge in [0.2, 0.25) is 5.13 Å². The summed E-state index contributed by atoms with van der Waals surface area (Å²) >= 11 is 13.0. The van der Waals surface area contributed by atoms with Crippen LogP contribution in [0.4, 0.5) is 0 Å². The molecule has 0 aliphatic heterocycles.